The van der Waals surface area contributed by atoms with Crippen molar-refractivity contribution in [1.29, 1.82) is 5.26 Å². The van der Waals surface area contributed by atoms with E-state index in [1.165, 1.54) is 12.1 Å². The van der Waals surface area contributed by atoms with Crippen LogP contribution in [0, 0.1) is 11.3 Å². The van der Waals surface area contributed by atoms with E-state index in [-0.39, 0.29) is 24.6 Å². The zero-order chi connectivity index (χ0) is 8.97. The van der Waals surface area contributed by atoms with Gasteiger partial charge in [0, 0.05) is 0 Å². The van der Waals surface area contributed by atoms with Crippen molar-refractivity contribution in [2.45, 2.75) is 13.0 Å². The van der Waals surface area contributed by atoms with E-state index in [9.17, 15) is 4.79 Å². The van der Waals surface area contributed by atoms with Crippen LogP contribution in [-0.4, -0.2) is 10.9 Å². The van der Waals surface area contributed by atoms with Gasteiger partial charge in [-0.1, -0.05) is 0 Å². The quantitative estimate of drug-likeness (QED) is 0.674. The number of ketones is 1. The van der Waals surface area contributed by atoms with Crippen LogP contribution < -0.4 is 0 Å². The van der Waals surface area contributed by atoms with Crippen molar-refractivity contribution in [3.63, 3.8) is 0 Å². The second-order valence-electron chi connectivity index (χ2n) is 2.18. The predicted molar refractivity (Wildman–Crippen MR) is 39.2 cm³/mol. The number of hydrogen-bond acceptors (Lipinski definition) is 4. The number of Topliss-reactive ketones (excluding diaryl/α,β-unsaturated/α-hetero) is 1. The number of hydrogen-bond donors (Lipinski definition) is 1. The van der Waals surface area contributed by atoms with Gasteiger partial charge in [0.2, 0.25) is 5.78 Å². The Morgan fingerprint density at radius 2 is 2.42 bits per heavy atom. The molecular formula is C8H7NO3. The fourth-order valence-corrected chi connectivity index (χ4v) is 0.772. The molecule has 1 aromatic rings. The van der Waals surface area contributed by atoms with E-state index < -0.39 is 0 Å². The first-order valence-electron chi connectivity index (χ1n) is 3.37. The van der Waals surface area contributed by atoms with Crippen LogP contribution in [0.5, 0.6) is 0 Å². The van der Waals surface area contributed by atoms with Crippen LogP contribution in [0.3, 0.4) is 0 Å². The monoisotopic (exact) mass is 165 g/mol. The Kier molecular flexibility index (Phi) is 2.62. The third-order valence-corrected chi connectivity index (χ3v) is 1.33. The van der Waals surface area contributed by atoms with Crippen molar-refractivity contribution in [3.05, 3.63) is 23.7 Å². The molecule has 12 heavy (non-hydrogen) atoms. The lowest BCUT2D eigenvalue weighted by molar-refractivity contribution is 0.0966. The molecule has 0 amide bonds. The molecule has 0 aliphatic heterocycles. The molecule has 0 bridgehead atoms. The predicted octanol–water partition coefficient (Wildman–Crippen LogP) is 0.868. The van der Waals surface area contributed by atoms with E-state index in [1.54, 1.807) is 6.07 Å². The molecule has 0 radical (unpaired) electrons. The second kappa shape index (κ2) is 3.69. The lowest BCUT2D eigenvalue weighted by Crippen LogP contribution is -1.93. The minimum absolute atomic E-state index is 0.126. The molecule has 0 aliphatic rings. The molecule has 1 heterocycles. The van der Waals surface area contributed by atoms with Crippen LogP contribution in [0.1, 0.15) is 22.7 Å². The normalized spacial score (nSPS) is 9.33. The summed E-state index contributed by atoms with van der Waals surface area (Å²) in [6.07, 6.45) is -0.196. The topological polar surface area (TPSA) is 74.2 Å². The number of carbonyl (C=O) groups excluding carboxylic acids is 1. The minimum Gasteiger partial charge on any atom is -0.455 e. The van der Waals surface area contributed by atoms with Gasteiger partial charge in [0.15, 0.2) is 5.76 Å². The van der Waals surface area contributed by atoms with E-state index in [1.807, 2.05) is 0 Å². The van der Waals surface area contributed by atoms with Gasteiger partial charge in [0.25, 0.3) is 0 Å². The Morgan fingerprint density at radius 1 is 1.67 bits per heavy atom. The summed E-state index contributed by atoms with van der Waals surface area (Å²) in [7, 11) is 0. The number of nitriles is 1. The highest BCUT2D eigenvalue weighted by Crippen LogP contribution is 2.09. The molecule has 62 valence electrons. The highest BCUT2D eigenvalue weighted by molar-refractivity contribution is 5.94. The first kappa shape index (κ1) is 8.50. The first-order valence-corrected chi connectivity index (χ1v) is 3.37. The van der Waals surface area contributed by atoms with Crippen LogP contribution in [-0.2, 0) is 6.61 Å². The summed E-state index contributed by atoms with van der Waals surface area (Å²) in [6.45, 7) is -0.236. The second-order valence-corrected chi connectivity index (χ2v) is 2.18. The molecule has 0 fully saturated rings. The van der Waals surface area contributed by atoms with Gasteiger partial charge in [-0.2, -0.15) is 5.26 Å². The van der Waals surface area contributed by atoms with Crippen molar-refractivity contribution in [2.24, 2.45) is 0 Å². The fourth-order valence-electron chi connectivity index (χ4n) is 0.772. The molecule has 0 unspecified atom stereocenters. The number of aliphatic hydroxyl groups excluding tert-OH is 1. The van der Waals surface area contributed by atoms with Crippen molar-refractivity contribution in [2.75, 3.05) is 0 Å². The highest BCUT2D eigenvalue weighted by Gasteiger charge is 2.09. The number of aliphatic hydroxyl groups is 1. The van der Waals surface area contributed by atoms with E-state index in [2.05, 4.69) is 0 Å². The molecule has 4 nitrogen and oxygen atoms in total. The van der Waals surface area contributed by atoms with E-state index in [4.69, 9.17) is 14.8 Å². The highest BCUT2D eigenvalue weighted by atomic mass is 16.4. The van der Waals surface area contributed by atoms with Gasteiger partial charge in [0.05, 0.1) is 6.07 Å². The van der Waals surface area contributed by atoms with Gasteiger partial charge in [-0.05, 0) is 12.1 Å². The Balaban J connectivity index is 2.76. The van der Waals surface area contributed by atoms with Crippen LogP contribution >= 0.6 is 0 Å². The number of nitrogens with zero attached hydrogens (tertiary/aromatic N) is 1. The molecular weight excluding hydrogens is 158 g/mol. The molecule has 1 N–H and O–H groups in total. The van der Waals surface area contributed by atoms with Gasteiger partial charge in [-0.25, -0.2) is 0 Å². The average molecular weight is 165 g/mol. The lowest BCUT2D eigenvalue weighted by Gasteiger charge is -1.88. The van der Waals surface area contributed by atoms with Gasteiger partial charge in [0.1, 0.15) is 18.8 Å². The Bertz CT molecular complexity index is 321. The summed E-state index contributed by atoms with van der Waals surface area (Å²) >= 11 is 0. The van der Waals surface area contributed by atoms with Crippen LogP contribution in [0.15, 0.2) is 16.5 Å². The van der Waals surface area contributed by atoms with E-state index in [0.717, 1.165) is 0 Å². The molecule has 0 saturated carbocycles. The van der Waals surface area contributed by atoms with Gasteiger partial charge in [-0.3, -0.25) is 4.79 Å². The van der Waals surface area contributed by atoms with Gasteiger partial charge < -0.3 is 9.52 Å². The summed E-state index contributed by atoms with van der Waals surface area (Å²) in [5.74, 6) is 0.0917. The van der Waals surface area contributed by atoms with Crippen molar-refractivity contribution < 1.29 is 14.3 Å². The zero-order valence-electron chi connectivity index (χ0n) is 6.28. The molecule has 1 aromatic heterocycles. The smallest absolute Gasteiger partial charge is 0.211 e. The number of carbonyl (C=O) groups is 1. The zero-order valence-corrected chi connectivity index (χ0v) is 6.28. The average Bonchev–Trinajstić information content (AvgIpc) is 2.52. The van der Waals surface area contributed by atoms with Crippen molar-refractivity contribution >= 4 is 5.78 Å². The molecule has 0 atom stereocenters. The van der Waals surface area contributed by atoms with Crippen LogP contribution in [0.4, 0.5) is 0 Å². The summed E-state index contributed by atoms with van der Waals surface area (Å²) < 4.78 is 4.90. The molecule has 0 saturated heterocycles. The number of rotatable bonds is 3. The molecule has 4 heteroatoms. The summed E-state index contributed by atoms with van der Waals surface area (Å²) in [6, 6.07) is 4.68. The summed E-state index contributed by atoms with van der Waals surface area (Å²) in [5.41, 5.74) is 0. The first-order chi connectivity index (χ1) is 5.77. The third kappa shape index (κ3) is 1.71. The molecule has 0 aliphatic carbocycles. The van der Waals surface area contributed by atoms with Gasteiger partial charge >= 0.3 is 0 Å². The largest absolute Gasteiger partial charge is 0.455 e. The fraction of sp³-hybridized carbons (Fsp3) is 0.250. The minimum atomic E-state index is -0.364. The summed E-state index contributed by atoms with van der Waals surface area (Å²) in [5, 5.41) is 16.8. The van der Waals surface area contributed by atoms with Crippen molar-refractivity contribution in [3.8, 4) is 6.07 Å². The Labute approximate surface area is 69.0 Å². The Morgan fingerprint density at radius 3 is 2.92 bits per heavy atom. The Hall–Kier alpha value is -1.60. The molecule has 1 rings (SSSR count). The lowest BCUT2D eigenvalue weighted by atomic mass is 10.2. The van der Waals surface area contributed by atoms with E-state index >= 15 is 0 Å². The maximum absolute atomic E-state index is 11.0. The van der Waals surface area contributed by atoms with E-state index in [0.29, 0.717) is 5.76 Å². The summed E-state index contributed by atoms with van der Waals surface area (Å²) in [4.78, 5) is 11.0. The maximum atomic E-state index is 11.0. The van der Waals surface area contributed by atoms with Crippen LogP contribution in [0.25, 0.3) is 0 Å². The molecule has 0 aromatic carbocycles. The van der Waals surface area contributed by atoms with Crippen LogP contribution in [0.2, 0.25) is 0 Å². The standard InChI is InChI=1S/C8H7NO3/c9-4-3-7(11)8-2-1-6(5-10)12-8/h1-2,10H,3,5H2. The molecule has 0 spiro atoms. The number of furan rings is 1. The van der Waals surface area contributed by atoms with Gasteiger partial charge in [-0.15, -0.1) is 0 Å². The SMILES string of the molecule is N#CCC(=O)c1ccc(CO)o1. The maximum Gasteiger partial charge on any atom is 0.211 e. The van der Waals surface area contributed by atoms with Crippen molar-refractivity contribution in [1.82, 2.24) is 0 Å². The third-order valence-electron chi connectivity index (χ3n) is 1.33.